The lowest BCUT2D eigenvalue weighted by Gasteiger charge is -2.01. The van der Waals surface area contributed by atoms with Crippen molar-refractivity contribution in [3.8, 4) is 0 Å². The van der Waals surface area contributed by atoms with Gasteiger partial charge in [-0.1, -0.05) is 0 Å². The van der Waals surface area contributed by atoms with Crippen molar-refractivity contribution in [2.24, 2.45) is 0 Å². The quantitative estimate of drug-likeness (QED) is 0.679. The van der Waals surface area contributed by atoms with Crippen LogP contribution in [0.2, 0.25) is 0 Å². The van der Waals surface area contributed by atoms with Crippen LogP contribution in [0.25, 0.3) is 10.1 Å². The number of rotatable bonds is 1. The summed E-state index contributed by atoms with van der Waals surface area (Å²) in [6.07, 6.45) is 1.59. The molecule has 0 amide bonds. The topological polar surface area (TPSA) is 39.2 Å². The number of methoxy groups -OCH3 is 1. The van der Waals surface area contributed by atoms with Crippen LogP contribution in [0, 0.1) is 5.82 Å². The lowest BCUT2D eigenvalue weighted by Crippen LogP contribution is -2.04. The number of halogens is 1. The predicted octanol–water partition coefficient (Wildman–Crippen LogP) is 2.22. The molecule has 0 bridgehead atoms. The first-order chi connectivity index (χ1) is 6.74. The van der Waals surface area contributed by atoms with Crippen molar-refractivity contribution < 1.29 is 13.9 Å². The number of hydrogen-bond donors (Lipinski definition) is 0. The minimum absolute atomic E-state index is 0.0347. The Morgan fingerprint density at radius 3 is 3.07 bits per heavy atom. The van der Waals surface area contributed by atoms with Gasteiger partial charge in [-0.3, -0.25) is 0 Å². The maximum Gasteiger partial charge on any atom is 0.342 e. The molecule has 0 fully saturated rings. The second-order valence-corrected chi connectivity index (χ2v) is 3.46. The van der Waals surface area contributed by atoms with Crippen molar-refractivity contribution in [1.82, 2.24) is 4.37 Å². The van der Waals surface area contributed by atoms with Gasteiger partial charge in [0.2, 0.25) is 0 Å². The number of carbonyl (C=O) groups excluding carboxylic acids is 1. The van der Waals surface area contributed by atoms with E-state index in [9.17, 15) is 9.18 Å². The smallest absolute Gasteiger partial charge is 0.342 e. The molecule has 14 heavy (non-hydrogen) atoms. The molecule has 3 nitrogen and oxygen atoms in total. The molecule has 0 spiro atoms. The summed E-state index contributed by atoms with van der Waals surface area (Å²) in [4.78, 5) is 11.3. The second-order valence-electron chi connectivity index (χ2n) is 2.66. The molecule has 0 saturated carbocycles. The summed E-state index contributed by atoms with van der Waals surface area (Å²) in [5.41, 5.74) is -0.0347. The van der Waals surface area contributed by atoms with Gasteiger partial charge >= 0.3 is 5.97 Å². The molecule has 1 aromatic carbocycles. The molecule has 0 N–H and O–H groups in total. The predicted molar refractivity (Wildman–Crippen MR) is 50.9 cm³/mol. The Kier molecular flexibility index (Phi) is 2.17. The zero-order valence-electron chi connectivity index (χ0n) is 7.28. The van der Waals surface area contributed by atoms with E-state index in [2.05, 4.69) is 9.11 Å². The van der Waals surface area contributed by atoms with Crippen molar-refractivity contribution in [3.05, 3.63) is 29.7 Å². The van der Waals surface area contributed by atoms with Crippen LogP contribution >= 0.6 is 11.5 Å². The van der Waals surface area contributed by atoms with E-state index in [0.717, 1.165) is 16.9 Å². The molecule has 0 aliphatic heterocycles. The Morgan fingerprint density at radius 2 is 2.36 bits per heavy atom. The molecule has 2 rings (SSSR count). The van der Waals surface area contributed by atoms with E-state index < -0.39 is 11.8 Å². The second kappa shape index (κ2) is 3.34. The van der Waals surface area contributed by atoms with Gasteiger partial charge in [-0.25, -0.2) is 9.18 Å². The maximum absolute atomic E-state index is 13.3. The summed E-state index contributed by atoms with van der Waals surface area (Å²) in [6.45, 7) is 0. The summed E-state index contributed by atoms with van der Waals surface area (Å²) in [7, 11) is 1.22. The van der Waals surface area contributed by atoms with Crippen molar-refractivity contribution >= 4 is 27.6 Å². The van der Waals surface area contributed by atoms with Gasteiger partial charge in [0.25, 0.3) is 0 Å². The molecule has 5 heteroatoms. The zero-order chi connectivity index (χ0) is 10.1. The Morgan fingerprint density at radius 1 is 1.57 bits per heavy atom. The Balaban J connectivity index is 2.76. The number of esters is 1. The Bertz CT molecular complexity index is 495. The summed E-state index contributed by atoms with van der Waals surface area (Å²) < 4.78 is 22.2. The number of hydrogen-bond acceptors (Lipinski definition) is 4. The van der Waals surface area contributed by atoms with Crippen LogP contribution in [0.15, 0.2) is 18.3 Å². The van der Waals surface area contributed by atoms with Gasteiger partial charge < -0.3 is 4.74 Å². The first-order valence-corrected chi connectivity index (χ1v) is 4.62. The lowest BCUT2D eigenvalue weighted by molar-refractivity contribution is 0.0598. The largest absolute Gasteiger partial charge is 0.465 e. The van der Waals surface area contributed by atoms with E-state index in [4.69, 9.17) is 0 Å². The van der Waals surface area contributed by atoms with Gasteiger partial charge in [0, 0.05) is 11.6 Å². The number of aromatic nitrogens is 1. The van der Waals surface area contributed by atoms with E-state index in [-0.39, 0.29) is 5.56 Å². The molecule has 0 saturated heterocycles. The molecule has 0 aliphatic carbocycles. The highest BCUT2D eigenvalue weighted by atomic mass is 32.1. The van der Waals surface area contributed by atoms with Crippen LogP contribution < -0.4 is 0 Å². The monoisotopic (exact) mass is 211 g/mol. The molecule has 0 radical (unpaired) electrons. The molecule has 0 aliphatic rings. The molecule has 1 heterocycles. The fourth-order valence-electron chi connectivity index (χ4n) is 1.20. The van der Waals surface area contributed by atoms with Crippen LogP contribution in [0.1, 0.15) is 10.4 Å². The van der Waals surface area contributed by atoms with Crippen LogP contribution in [0.4, 0.5) is 4.39 Å². The van der Waals surface area contributed by atoms with Crippen LogP contribution in [-0.4, -0.2) is 17.5 Å². The number of carbonyl (C=O) groups is 1. The summed E-state index contributed by atoms with van der Waals surface area (Å²) in [6, 6.07) is 2.82. The number of ether oxygens (including phenoxy) is 1. The summed E-state index contributed by atoms with van der Waals surface area (Å²) in [5.74, 6) is -1.24. The Hall–Kier alpha value is -1.49. The molecule has 72 valence electrons. The first kappa shape index (κ1) is 9.08. The number of nitrogens with zero attached hydrogens (tertiary/aromatic N) is 1. The third-order valence-electron chi connectivity index (χ3n) is 1.86. The average Bonchev–Trinajstić information content (AvgIpc) is 2.64. The average molecular weight is 211 g/mol. The van der Waals surface area contributed by atoms with E-state index >= 15 is 0 Å². The number of benzene rings is 1. The highest BCUT2D eigenvalue weighted by Gasteiger charge is 2.17. The fraction of sp³-hybridized carbons (Fsp3) is 0.111. The van der Waals surface area contributed by atoms with E-state index in [1.54, 1.807) is 12.3 Å². The highest BCUT2D eigenvalue weighted by molar-refractivity contribution is 7.13. The molecule has 0 unspecified atom stereocenters. The fourth-order valence-corrected chi connectivity index (χ4v) is 1.97. The van der Waals surface area contributed by atoms with Crippen LogP contribution in [0.3, 0.4) is 0 Å². The molecular weight excluding hydrogens is 205 g/mol. The van der Waals surface area contributed by atoms with E-state index in [1.165, 1.54) is 13.2 Å². The Labute approximate surface area is 83.3 Å². The van der Waals surface area contributed by atoms with E-state index in [0.29, 0.717) is 4.70 Å². The van der Waals surface area contributed by atoms with E-state index in [1.807, 2.05) is 0 Å². The number of fused-ring (bicyclic) bond motifs is 1. The van der Waals surface area contributed by atoms with Gasteiger partial charge in [-0.05, 0) is 23.7 Å². The first-order valence-electron chi connectivity index (χ1n) is 3.85. The standard InChI is InChI=1S/C9H6FNO2S/c1-13-9(12)7-6(10)3-2-5-4-11-14-8(5)7/h2-4H,1H3. The van der Waals surface area contributed by atoms with Crippen LogP contribution in [-0.2, 0) is 4.74 Å². The van der Waals surface area contributed by atoms with Crippen molar-refractivity contribution in [2.45, 2.75) is 0 Å². The zero-order valence-corrected chi connectivity index (χ0v) is 8.10. The maximum atomic E-state index is 13.3. The van der Waals surface area contributed by atoms with Crippen molar-refractivity contribution in [3.63, 3.8) is 0 Å². The third-order valence-corrected chi connectivity index (χ3v) is 2.70. The minimum Gasteiger partial charge on any atom is -0.465 e. The SMILES string of the molecule is COC(=O)c1c(F)ccc2cnsc12. The lowest BCUT2D eigenvalue weighted by atomic mass is 10.1. The van der Waals surface area contributed by atoms with Crippen molar-refractivity contribution in [1.29, 1.82) is 0 Å². The molecular formula is C9H6FNO2S. The van der Waals surface area contributed by atoms with Gasteiger partial charge in [0.05, 0.1) is 11.8 Å². The highest BCUT2D eigenvalue weighted by Crippen LogP contribution is 2.25. The molecule has 0 atom stereocenters. The van der Waals surface area contributed by atoms with Crippen molar-refractivity contribution in [2.75, 3.05) is 7.11 Å². The summed E-state index contributed by atoms with van der Waals surface area (Å²) >= 11 is 1.08. The van der Waals surface area contributed by atoms with Gasteiger partial charge in [0.15, 0.2) is 0 Å². The third kappa shape index (κ3) is 1.26. The normalized spacial score (nSPS) is 10.4. The van der Waals surface area contributed by atoms with Crippen LogP contribution in [0.5, 0.6) is 0 Å². The summed E-state index contributed by atoms with van der Waals surface area (Å²) in [5, 5.41) is 0.747. The van der Waals surface area contributed by atoms with Gasteiger partial charge in [0.1, 0.15) is 11.4 Å². The minimum atomic E-state index is -0.669. The van der Waals surface area contributed by atoms with Gasteiger partial charge in [-0.2, -0.15) is 4.37 Å². The van der Waals surface area contributed by atoms with Gasteiger partial charge in [-0.15, -0.1) is 0 Å². The molecule has 2 aromatic rings. The molecule has 1 aromatic heterocycles.